The Morgan fingerprint density at radius 3 is 2.26 bits per heavy atom. The second-order valence-corrected chi connectivity index (χ2v) is 8.74. The van der Waals surface area contributed by atoms with Crippen LogP contribution in [-0.2, 0) is 16.1 Å². The second-order valence-electron chi connectivity index (χ2n) is 8.74. The number of hydrogen-bond acceptors (Lipinski definition) is 6. The van der Waals surface area contributed by atoms with Crippen LogP contribution in [0.5, 0.6) is 0 Å². The van der Waals surface area contributed by atoms with Crippen molar-refractivity contribution in [1.29, 1.82) is 0 Å². The Morgan fingerprint density at radius 2 is 1.65 bits per heavy atom. The van der Waals surface area contributed by atoms with Crippen LogP contribution in [0.1, 0.15) is 47.9 Å². The summed E-state index contributed by atoms with van der Waals surface area (Å²) in [6, 6.07) is 16.1. The lowest BCUT2D eigenvalue weighted by Gasteiger charge is -2.26. The molecule has 2 aromatic carbocycles. The molecule has 2 atom stereocenters. The molecular formula is C28H30N2O4. The van der Waals surface area contributed by atoms with Crippen molar-refractivity contribution in [3.8, 4) is 11.8 Å². The van der Waals surface area contributed by atoms with E-state index in [1.807, 2.05) is 36.4 Å². The van der Waals surface area contributed by atoms with Gasteiger partial charge < -0.3 is 14.9 Å². The lowest BCUT2D eigenvalue weighted by molar-refractivity contribution is -0.117. The predicted molar refractivity (Wildman–Crippen MR) is 132 cm³/mol. The van der Waals surface area contributed by atoms with E-state index in [-0.39, 0.29) is 30.3 Å². The second kappa shape index (κ2) is 11.3. The van der Waals surface area contributed by atoms with E-state index in [0.29, 0.717) is 5.70 Å². The Labute approximate surface area is 200 Å². The van der Waals surface area contributed by atoms with Crippen molar-refractivity contribution in [1.82, 2.24) is 4.90 Å². The van der Waals surface area contributed by atoms with Gasteiger partial charge in [-0.2, -0.15) is 0 Å². The Bertz CT molecular complexity index is 1120. The number of aliphatic hydroxyl groups is 2. The van der Waals surface area contributed by atoms with E-state index < -0.39 is 6.10 Å². The average Bonchev–Trinajstić information content (AvgIpc) is 2.85. The zero-order valence-electron chi connectivity index (χ0n) is 19.4. The molecule has 6 nitrogen and oxygen atoms in total. The van der Waals surface area contributed by atoms with Crippen molar-refractivity contribution in [3.05, 3.63) is 82.2 Å². The zero-order valence-corrected chi connectivity index (χ0v) is 19.4. The normalized spacial score (nSPS) is 18.4. The standard InChI is InChI=1S/C28H30N2O4/c1-20(31)25(18-26-28(33)27(32)12-13-29-26)24-10-8-22(9-11-24)3-2-21-4-6-23(7-5-21)19-30-14-16-34-17-15-30/h4-11,13,20,25,31,33H,12,14-19H2,1H3. The molecule has 1 saturated heterocycles. The van der Waals surface area contributed by atoms with Crippen LogP contribution in [0.2, 0.25) is 0 Å². The largest absolute Gasteiger partial charge is 0.503 e. The number of aliphatic imine (C=N–C) groups is 1. The Kier molecular flexibility index (Phi) is 7.91. The lowest BCUT2D eigenvalue weighted by atomic mass is 9.88. The molecule has 2 N–H and O–H groups in total. The van der Waals surface area contributed by atoms with Crippen LogP contribution in [-0.4, -0.2) is 59.5 Å². The van der Waals surface area contributed by atoms with E-state index in [2.05, 4.69) is 33.9 Å². The molecule has 0 saturated carbocycles. The van der Waals surface area contributed by atoms with Gasteiger partial charge in [0.15, 0.2) is 5.76 Å². The molecule has 2 heterocycles. The number of hydrogen-bond donors (Lipinski definition) is 2. The van der Waals surface area contributed by atoms with Gasteiger partial charge in [0.1, 0.15) is 0 Å². The van der Waals surface area contributed by atoms with Crippen LogP contribution < -0.4 is 0 Å². The third-order valence-electron chi connectivity index (χ3n) is 6.21. The van der Waals surface area contributed by atoms with Gasteiger partial charge in [-0.25, -0.2) is 0 Å². The smallest absolute Gasteiger partial charge is 0.204 e. The predicted octanol–water partition coefficient (Wildman–Crippen LogP) is 3.59. The molecular weight excluding hydrogens is 428 g/mol. The maximum atomic E-state index is 11.8. The summed E-state index contributed by atoms with van der Waals surface area (Å²) in [5.74, 6) is 5.48. The number of ether oxygens (including phenoxy) is 1. The first kappa shape index (κ1) is 23.9. The molecule has 1 fully saturated rings. The molecule has 0 bridgehead atoms. The molecule has 6 heteroatoms. The van der Waals surface area contributed by atoms with Crippen LogP contribution in [0.25, 0.3) is 0 Å². The highest BCUT2D eigenvalue weighted by Gasteiger charge is 2.24. The molecule has 0 aliphatic carbocycles. The van der Waals surface area contributed by atoms with Gasteiger partial charge >= 0.3 is 0 Å². The van der Waals surface area contributed by atoms with Crippen LogP contribution in [0, 0.1) is 11.8 Å². The Hall–Kier alpha value is -3.24. The van der Waals surface area contributed by atoms with E-state index in [4.69, 9.17) is 4.74 Å². The molecule has 2 aliphatic heterocycles. The van der Waals surface area contributed by atoms with Gasteiger partial charge in [-0.3, -0.25) is 14.7 Å². The van der Waals surface area contributed by atoms with Crippen molar-refractivity contribution >= 4 is 12.0 Å². The fourth-order valence-corrected chi connectivity index (χ4v) is 4.15. The van der Waals surface area contributed by atoms with E-state index in [9.17, 15) is 15.0 Å². The fraction of sp³-hybridized carbons (Fsp3) is 0.357. The van der Waals surface area contributed by atoms with E-state index in [1.165, 1.54) is 11.8 Å². The minimum Gasteiger partial charge on any atom is -0.503 e. The molecule has 34 heavy (non-hydrogen) atoms. The van der Waals surface area contributed by atoms with Crippen LogP contribution in [0.3, 0.4) is 0 Å². The summed E-state index contributed by atoms with van der Waals surface area (Å²) >= 11 is 0. The first-order valence-electron chi connectivity index (χ1n) is 11.7. The lowest BCUT2D eigenvalue weighted by Crippen LogP contribution is -2.35. The third kappa shape index (κ3) is 6.21. The van der Waals surface area contributed by atoms with Gasteiger partial charge in [-0.05, 0) is 42.3 Å². The van der Waals surface area contributed by atoms with E-state index >= 15 is 0 Å². The van der Waals surface area contributed by atoms with Gasteiger partial charge in [0, 0.05) is 55.7 Å². The number of morpholine rings is 1. The molecule has 176 valence electrons. The number of aliphatic hydroxyl groups excluding tert-OH is 2. The summed E-state index contributed by atoms with van der Waals surface area (Å²) in [4.78, 5) is 18.3. The highest BCUT2D eigenvalue weighted by Crippen LogP contribution is 2.30. The van der Waals surface area contributed by atoms with E-state index in [1.54, 1.807) is 6.92 Å². The SMILES string of the molecule is CC(O)C(CC1=C(O)C(=O)CC=N1)c1ccc(C#Cc2ccc(CN3CCOCC3)cc2)cc1. The van der Waals surface area contributed by atoms with Crippen LogP contribution >= 0.6 is 0 Å². The van der Waals surface area contributed by atoms with Crippen molar-refractivity contribution in [2.75, 3.05) is 26.3 Å². The van der Waals surface area contributed by atoms with Gasteiger partial charge in [-0.1, -0.05) is 36.1 Å². The number of allylic oxidation sites excluding steroid dienone is 2. The van der Waals surface area contributed by atoms with Gasteiger partial charge in [0.2, 0.25) is 5.78 Å². The van der Waals surface area contributed by atoms with Crippen molar-refractivity contribution in [2.45, 2.75) is 38.3 Å². The summed E-state index contributed by atoms with van der Waals surface area (Å²) in [5, 5.41) is 20.4. The minimum absolute atomic E-state index is 0.110. The maximum absolute atomic E-state index is 11.8. The third-order valence-corrected chi connectivity index (χ3v) is 6.21. The average molecular weight is 459 g/mol. The summed E-state index contributed by atoms with van der Waals surface area (Å²) in [7, 11) is 0. The number of carbonyl (C=O) groups excluding carboxylic acids is 1. The first-order valence-corrected chi connectivity index (χ1v) is 11.7. The molecule has 4 rings (SSSR count). The number of rotatable bonds is 6. The number of Topliss-reactive ketones (excluding diaryl/α,β-unsaturated/α-hetero) is 1. The maximum Gasteiger partial charge on any atom is 0.204 e. The highest BCUT2D eigenvalue weighted by atomic mass is 16.5. The van der Waals surface area contributed by atoms with Crippen LogP contribution in [0.15, 0.2) is 65.0 Å². The summed E-state index contributed by atoms with van der Waals surface area (Å²) in [6.07, 6.45) is 1.23. The molecule has 0 radical (unpaired) electrons. The number of benzene rings is 2. The fourth-order valence-electron chi connectivity index (χ4n) is 4.15. The quantitative estimate of drug-likeness (QED) is 0.647. The number of ketones is 1. The van der Waals surface area contributed by atoms with Crippen molar-refractivity contribution in [3.63, 3.8) is 0 Å². The molecule has 0 spiro atoms. The van der Waals surface area contributed by atoms with Crippen LogP contribution in [0.4, 0.5) is 0 Å². The molecule has 2 aromatic rings. The first-order chi connectivity index (χ1) is 16.5. The minimum atomic E-state index is -0.666. The van der Waals surface area contributed by atoms with Crippen molar-refractivity contribution < 1.29 is 19.7 Å². The van der Waals surface area contributed by atoms with Gasteiger partial charge in [0.25, 0.3) is 0 Å². The number of nitrogens with zero attached hydrogens (tertiary/aromatic N) is 2. The Balaban J connectivity index is 1.41. The zero-order chi connectivity index (χ0) is 23.9. The topological polar surface area (TPSA) is 82.4 Å². The highest BCUT2D eigenvalue weighted by molar-refractivity contribution is 6.03. The van der Waals surface area contributed by atoms with Gasteiger partial charge in [-0.15, -0.1) is 0 Å². The monoisotopic (exact) mass is 458 g/mol. The molecule has 0 amide bonds. The summed E-state index contributed by atoms with van der Waals surface area (Å²) in [6.45, 7) is 6.17. The van der Waals surface area contributed by atoms with E-state index in [0.717, 1.165) is 49.5 Å². The molecule has 2 aliphatic rings. The number of carbonyl (C=O) groups is 1. The van der Waals surface area contributed by atoms with Crippen molar-refractivity contribution in [2.24, 2.45) is 4.99 Å². The van der Waals surface area contributed by atoms with Gasteiger partial charge in [0.05, 0.1) is 25.0 Å². The molecule has 2 unspecified atom stereocenters. The molecule has 0 aromatic heterocycles. The Morgan fingerprint density at radius 1 is 1.03 bits per heavy atom. The summed E-state index contributed by atoms with van der Waals surface area (Å²) < 4.78 is 5.40. The summed E-state index contributed by atoms with van der Waals surface area (Å²) in [5.41, 5.74) is 4.33.